The number of nitrogens with zero attached hydrogens (tertiary/aromatic N) is 1. The minimum absolute atomic E-state index is 0.217. The monoisotopic (exact) mass is 276 g/mol. The Kier molecular flexibility index (Phi) is 4.02. The lowest BCUT2D eigenvalue weighted by atomic mass is 10.2. The minimum atomic E-state index is -0.966. The summed E-state index contributed by atoms with van der Waals surface area (Å²) in [5, 5.41) is 12.7. The van der Waals surface area contributed by atoms with Crippen molar-refractivity contribution in [3.8, 4) is 0 Å². The number of hydrogen-bond donors (Lipinski definition) is 2. The summed E-state index contributed by atoms with van der Waals surface area (Å²) >= 11 is 6.05. The predicted molar refractivity (Wildman–Crippen MR) is 74.7 cm³/mol. The van der Waals surface area contributed by atoms with Crippen LogP contribution < -0.4 is 5.32 Å². The molecular formula is C14H13ClN2O2. The van der Waals surface area contributed by atoms with Crippen LogP contribution in [0, 0.1) is 6.92 Å². The standard InChI is InChI=1S/C14H13ClN2O2/c1-9-6-11(14(18)19)7-13(17-9)16-8-10-4-2-3-5-12(10)15/h2-7H,8H2,1H3,(H,16,17)(H,18,19). The van der Waals surface area contributed by atoms with E-state index in [1.54, 1.807) is 6.92 Å². The molecule has 4 nitrogen and oxygen atoms in total. The van der Waals surface area contributed by atoms with Gasteiger partial charge in [-0.1, -0.05) is 29.8 Å². The van der Waals surface area contributed by atoms with Crippen LogP contribution in [-0.4, -0.2) is 16.1 Å². The third-order valence-electron chi connectivity index (χ3n) is 2.62. The summed E-state index contributed by atoms with van der Waals surface area (Å²) in [7, 11) is 0. The third-order valence-corrected chi connectivity index (χ3v) is 2.99. The molecule has 0 saturated heterocycles. The lowest BCUT2D eigenvalue weighted by molar-refractivity contribution is 0.0696. The van der Waals surface area contributed by atoms with Gasteiger partial charge in [0.15, 0.2) is 0 Å². The number of carboxylic acid groups (broad SMARTS) is 1. The number of nitrogens with one attached hydrogen (secondary N) is 1. The Bertz CT molecular complexity index is 614. The van der Waals surface area contributed by atoms with E-state index in [1.807, 2.05) is 24.3 Å². The molecule has 0 bridgehead atoms. The molecule has 0 saturated carbocycles. The van der Waals surface area contributed by atoms with Crippen molar-refractivity contribution in [3.63, 3.8) is 0 Å². The van der Waals surface area contributed by atoms with E-state index in [4.69, 9.17) is 16.7 Å². The van der Waals surface area contributed by atoms with Crippen molar-refractivity contribution in [1.82, 2.24) is 4.98 Å². The smallest absolute Gasteiger partial charge is 0.335 e. The molecule has 1 heterocycles. The number of rotatable bonds is 4. The fraction of sp³-hybridized carbons (Fsp3) is 0.143. The van der Waals surface area contributed by atoms with Crippen molar-refractivity contribution in [2.24, 2.45) is 0 Å². The Morgan fingerprint density at radius 2 is 2.11 bits per heavy atom. The largest absolute Gasteiger partial charge is 0.478 e. The van der Waals surface area contributed by atoms with Crippen molar-refractivity contribution >= 4 is 23.4 Å². The van der Waals surface area contributed by atoms with Gasteiger partial charge < -0.3 is 10.4 Å². The zero-order valence-corrected chi connectivity index (χ0v) is 11.1. The van der Waals surface area contributed by atoms with Crippen LogP contribution in [0.25, 0.3) is 0 Å². The number of carboxylic acids is 1. The summed E-state index contributed by atoms with van der Waals surface area (Å²) in [6, 6.07) is 10.5. The lowest BCUT2D eigenvalue weighted by Crippen LogP contribution is -2.05. The maximum absolute atomic E-state index is 11.0. The van der Waals surface area contributed by atoms with Crippen LogP contribution in [0.3, 0.4) is 0 Å². The molecule has 1 aromatic heterocycles. The van der Waals surface area contributed by atoms with Crippen molar-refractivity contribution in [2.75, 3.05) is 5.32 Å². The predicted octanol–water partition coefficient (Wildman–Crippen LogP) is 3.35. The molecule has 1 aromatic carbocycles. The second kappa shape index (κ2) is 5.71. The van der Waals surface area contributed by atoms with E-state index in [2.05, 4.69) is 10.3 Å². The first kappa shape index (κ1) is 13.4. The van der Waals surface area contributed by atoms with Gasteiger partial charge in [-0.05, 0) is 30.7 Å². The topological polar surface area (TPSA) is 62.2 Å². The third kappa shape index (κ3) is 3.45. The molecule has 0 amide bonds. The molecule has 2 N–H and O–H groups in total. The van der Waals surface area contributed by atoms with Crippen LogP contribution in [-0.2, 0) is 6.54 Å². The van der Waals surface area contributed by atoms with Gasteiger partial charge in [0.2, 0.25) is 0 Å². The lowest BCUT2D eigenvalue weighted by Gasteiger charge is -2.09. The Morgan fingerprint density at radius 1 is 1.37 bits per heavy atom. The van der Waals surface area contributed by atoms with E-state index in [9.17, 15) is 4.79 Å². The van der Waals surface area contributed by atoms with Crippen LogP contribution in [0.2, 0.25) is 5.02 Å². The van der Waals surface area contributed by atoms with Crippen molar-refractivity contribution < 1.29 is 9.90 Å². The van der Waals surface area contributed by atoms with Gasteiger partial charge in [0.1, 0.15) is 5.82 Å². The van der Waals surface area contributed by atoms with Crippen LogP contribution >= 0.6 is 11.6 Å². The summed E-state index contributed by atoms with van der Waals surface area (Å²) in [6.45, 7) is 2.25. The van der Waals surface area contributed by atoms with Gasteiger partial charge in [-0.15, -0.1) is 0 Å². The Labute approximate surface area is 116 Å². The highest BCUT2D eigenvalue weighted by Crippen LogP contribution is 2.17. The Balaban J connectivity index is 2.16. The van der Waals surface area contributed by atoms with Gasteiger partial charge in [-0.25, -0.2) is 9.78 Å². The number of pyridine rings is 1. The highest BCUT2D eigenvalue weighted by molar-refractivity contribution is 6.31. The number of aromatic carboxylic acids is 1. The summed E-state index contributed by atoms with van der Waals surface area (Å²) in [6.07, 6.45) is 0. The van der Waals surface area contributed by atoms with E-state index in [0.29, 0.717) is 23.1 Å². The molecule has 2 aromatic rings. The van der Waals surface area contributed by atoms with Crippen molar-refractivity contribution in [1.29, 1.82) is 0 Å². The van der Waals surface area contributed by atoms with Gasteiger partial charge in [-0.3, -0.25) is 0 Å². The average molecular weight is 277 g/mol. The number of halogens is 1. The quantitative estimate of drug-likeness (QED) is 0.899. The highest BCUT2D eigenvalue weighted by atomic mass is 35.5. The van der Waals surface area contributed by atoms with Crippen LogP contribution in [0.5, 0.6) is 0 Å². The molecule has 0 radical (unpaired) electrons. The molecule has 0 spiro atoms. The number of benzene rings is 1. The van der Waals surface area contributed by atoms with Gasteiger partial charge in [0, 0.05) is 17.3 Å². The first-order valence-electron chi connectivity index (χ1n) is 5.75. The molecule has 2 rings (SSSR count). The molecule has 0 aliphatic rings. The van der Waals surface area contributed by atoms with Gasteiger partial charge in [-0.2, -0.15) is 0 Å². The van der Waals surface area contributed by atoms with Crippen LogP contribution in [0.15, 0.2) is 36.4 Å². The summed E-state index contributed by atoms with van der Waals surface area (Å²) in [5.74, 6) is -0.441. The number of anilines is 1. The minimum Gasteiger partial charge on any atom is -0.478 e. The highest BCUT2D eigenvalue weighted by Gasteiger charge is 2.07. The molecule has 0 aliphatic carbocycles. The molecule has 0 atom stereocenters. The molecule has 0 aliphatic heterocycles. The molecule has 98 valence electrons. The summed E-state index contributed by atoms with van der Waals surface area (Å²) < 4.78 is 0. The SMILES string of the molecule is Cc1cc(C(=O)O)cc(NCc2ccccc2Cl)n1. The van der Waals surface area contributed by atoms with Gasteiger partial charge >= 0.3 is 5.97 Å². The number of aromatic nitrogens is 1. The van der Waals surface area contributed by atoms with Crippen molar-refractivity contribution in [2.45, 2.75) is 13.5 Å². The van der Waals surface area contributed by atoms with Crippen LogP contribution in [0.4, 0.5) is 5.82 Å². The zero-order chi connectivity index (χ0) is 13.8. The van der Waals surface area contributed by atoms with E-state index >= 15 is 0 Å². The fourth-order valence-electron chi connectivity index (χ4n) is 1.71. The average Bonchev–Trinajstić information content (AvgIpc) is 2.37. The van der Waals surface area contributed by atoms with E-state index in [1.165, 1.54) is 12.1 Å². The van der Waals surface area contributed by atoms with Gasteiger partial charge in [0.05, 0.1) is 5.56 Å². The molecule has 0 unspecified atom stereocenters. The summed E-state index contributed by atoms with van der Waals surface area (Å²) in [4.78, 5) is 15.2. The fourth-order valence-corrected chi connectivity index (χ4v) is 1.91. The first-order valence-corrected chi connectivity index (χ1v) is 6.13. The Morgan fingerprint density at radius 3 is 2.79 bits per heavy atom. The maximum atomic E-state index is 11.0. The number of aryl methyl sites for hydroxylation is 1. The summed E-state index contributed by atoms with van der Waals surface area (Å²) in [5.41, 5.74) is 1.81. The van der Waals surface area contributed by atoms with E-state index in [0.717, 1.165) is 5.56 Å². The van der Waals surface area contributed by atoms with Gasteiger partial charge in [0.25, 0.3) is 0 Å². The molecule has 19 heavy (non-hydrogen) atoms. The second-order valence-electron chi connectivity index (χ2n) is 4.13. The molecule has 0 fully saturated rings. The first-order chi connectivity index (χ1) is 9.06. The van der Waals surface area contributed by atoms with E-state index in [-0.39, 0.29) is 5.56 Å². The molecule has 5 heteroatoms. The normalized spacial score (nSPS) is 10.2. The number of hydrogen-bond acceptors (Lipinski definition) is 3. The second-order valence-corrected chi connectivity index (χ2v) is 4.54. The van der Waals surface area contributed by atoms with Crippen LogP contribution in [0.1, 0.15) is 21.6 Å². The Hall–Kier alpha value is -2.07. The number of carbonyl (C=O) groups is 1. The molecular weight excluding hydrogens is 264 g/mol. The zero-order valence-electron chi connectivity index (χ0n) is 10.4. The van der Waals surface area contributed by atoms with E-state index < -0.39 is 5.97 Å². The van der Waals surface area contributed by atoms with Crippen molar-refractivity contribution in [3.05, 3.63) is 58.2 Å². The maximum Gasteiger partial charge on any atom is 0.335 e.